The third-order valence-corrected chi connectivity index (χ3v) is 8.87. The summed E-state index contributed by atoms with van der Waals surface area (Å²) in [6.45, 7) is 1.99. The lowest BCUT2D eigenvalue weighted by molar-refractivity contribution is 0.0595. The molecule has 33 heavy (non-hydrogen) atoms. The molecule has 1 unspecified atom stereocenters. The van der Waals surface area contributed by atoms with Crippen LogP contribution in [0.1, 0.15) is 28.1 Å². The van der Waals surface area contributed by atoms with Crippen molar-refractivity contribution in [1.82, 2.24) is 15.3 Å². The van der Waals surface area contributed by atoms with E-state index in [9.17, 15) is 18.1 Å². The summed E-state index contributed by atoms with van der Waals surface area (Å²) in [5.41, 5.74) is -4.06. The average molecular weight is 561 g/mol. The van der Waals surface area contributed by atoms with E-state index in [2.05, 4.69) is 36.1 Å². The van der Waals surface area contributed by atoms with Crippen LogP contribution < -0.4 is 10.2 Å². The monoisotopic (exact) mass is 560 g/mol. The number of anilines is 1. The molecule has 0 spiro atoms. The number of amides is 1. The Morgan fingerprint density at radius 2 is 2.06 bits per heavy atom. The molecule has 1 aromatic carbocycles. The molecule has 1 saturated heterocycles. The van der Waals surface area contributed by atoms with E-state index in [4.69, 9.17) is 9.79 Å². The van der Waals surface area contributed by atoms with Crippen molar-refractivity contribution in [2.75, 3.05) is 24.5 Å². The Labute approximate surface area is 200 Å². The molecule has 0 aliphatic carbocycles. The van der Waals surface area contributed by atoms with Gasteiger partial charge in [-0.1, -0.05) is 0 Å². The molecule has 1 amide bonds. The molecule has 3 N–H and O–H groups in total. The zero-order valence-electron chi connectivity index (χ0n) is 17.1. The van der Waals surface area contributed by atoms with Crippen LogP contribution in [0.3, 0.4) is 0 Å². The number of nitrogens with zero attached hydrogens (tertiary/aromatic N) is 3. The van der Waals surface area contributed by atoms with Crippen molar-refractivity contribution < 1.29 is 27.9 Å². The maximum Gasteiger partial charge on any atom is 0.400 e. The normalized spacial score (nSPS) is 17.4. The van der Waals surface area contributed by atoms with Gasteiger partial charge in [0.05, 0.1) is 0 Å². The van der Waals surface area contributed by atoms with E-state index in [0.717, 1.165) is 19.4 Å². The van der Waals surface area contributed by atoms with Gasteiger partial charge in [0.25, 0.3) is 5.91 Å². The lowest BCUT2D eigenvalue weighted by Crippen LogP contribution is -2.41. The number of nitrogens with one attached hydrogen (secondary N) is 1. The van der Waals surface area contributed by atoms with Crippen LogP contribution in [0, 0.1) is 5.92 Å². The van der Waals surface area contributed by atoms with E-state index in [0.29, 0.717) is 40.5 Å². The zero-order chi connectivity index (χ0) is 23.8. The molecule has 3 aromatic rings. The third kappa shape index (κ3) is 4.95. The Balaban J connectivity index is 1.46. The molecule has 13 heteroatoms. The number of carbonyl (C=O) groups is 1. The Bertz CT molecular complexity index is 1220. The molecular weight excluding hydrogens is 541 g/mol. The minimum Gasteiger partial charge on any atom is -0.352 e. The van der Waals surface area contributed by atoms with Crippen molar-refractivity contribution in [3.05, 3.63) is 51.6 Å². The SMILES string of the molecule is O=C(NCC1CCCN(c2ncccn2)C1)c1ccc2sc(C(F)(F)P(=O)(O)O)c(Br)c2c1. The van der Waals surface area contributed by atoms with Crippen molar-refractivity contribution in [2.45, 2.75) is 18.5 Å². The predicted molar refractivity (Wildman–Crippen MR) is 125 cm³/mol. The second kappa shape index (κ2) is 9.34. The number of halogens is 3. The number of rotatable bonds is 6. The van der Waals surface area contributed by atoms with Crippen LogP contribution in [-0.4, -0.2) is 45.3 Å². The van der Waals surface area contributed by atoms with Crippen LogP contribution >= 0.6 is 34.9 Å². The highest BCUT2D eigenvalue weighted by Crippen LogP contribution is 2.62. The lowest BCUT2D eigenvalue weighted by Gasteiger charge is -2.32. The first kappa shape index (κ1) is 24.2. The molecule has 1 aliphatic heterocycles. The molecular formula is C20H20BrF2N4O4PS. The molecule has 3 heterocycles. The van der Waals surface area contributed by atoms with Gasteiger partial charge in [-0.25, -0.2) is 9.97 Å². The molecule has 1 fully saturated rings. The molecule has 176 valence electrons. The number of carbonyl (C=O) groups excluding carboxylic acids is 1. The number of fused-ring (bicyclic) bond motifs is 1. The minimum atomic E-state index is -5.70. The number of piperidine rings is 1. The zero-order valence-corrected chi connectivity index (χ0v) is 20.4. The fraction of sp³-hybridized carbons (Fsp3) is 0.350. The van der Waals surface area contributed by atoms with Crippen molar-refractivity contribution in [2.24, 2.45) is 5.92 Å². The van der Waals surface area contributed by atoms with Crippen molar-refractivity contribution >= 4 is 56.8 Å². The maximum absolute atomic E-state index is 14.2. The Morgan fingerprint density at radius 1 is 1.33 bits per heavy atom. The van der Waals surface area contributed by atoms with Gasteiger partial charge < -0.3 is 20.0 Å². The first-order chi connectivity index (χ1) is 15.6. The highest BCUT2D eigenvalue weighted by molar-refractivity contribution is 9.10. The quantitative estimate of drug-likeness (QED) is 0.384. The standard InChI is InChI=1S/C20H20BrF2N4O4PS/c21-16-14-9-13(4-5-15(14)33-17(16)20(22,23)32(29,30)31)18(28)26-10-12-3-1-8-27(11-12)19-24-6-2-7-25-19/h2,4-7,9,12H,1,3,8,10-11H2,(H,26,28)(H2,29,30,31). The summed E-state index contributed by atoms with van der Waals surface area (Å²) in [5, 5.41) is 3.19. The molecule has 0 radical (unpaired) electrons. The van der Waals surface area contributed by atoms with Crippen LogP contribution in [0.4, 0.5) is 14.7 Å². The fourth-order valence-electron chi connectivity index (χ4n) is 3.74. The molecule has 1 atom stereocenters. The number of aromatic nitrogens is 2. The smallest absolute Gasteiger partial charge is 0.352 e. The first-order valence-electron chi connectivity index (χ1n) is 10.0. The van der Waals surface area contributed by atoms with Gasteiger partial charge >= 0.3 is 13.3 Å². The molecule has 4 rings (SSSR count). The van der Waals surface area contributed by atoms with Crippen LogP contribution in [0.5, 0.6) is 0 Å². The van der Waals surface area contributed by atoms with E-state index >= 15 is 0 Å². The van der Waals surface area contributed by atoms with Crippen LogP contribution in [0.2, 0.25) is 0 Å². The topological polar surface area (TPSA) is 116 Å². The predicted octanol–water partition coefficient (Wildman–Crippen LogP) is 4.33. The van der Waals surface area contributed by atoms with Gasteiger partial charge in [0.15, 0.2) is 0 Å². The Kier molecular flexibility index (Phi) is 6.84. The number of benzene rings is 1. The largest absolute Gasteiger partial charge is 0.400 e. The van der Waals surface area contributed by atoms with Gasteiger partial charge in [-0.3, -0.25) is 9.36 Å². The van der Waals surface area contributed by atoms with Gasteiger partial charge in [0.2, 0.25) is 5.95 Å². The summed E-state index contributed by atoms with van der Waals surface area (Å²) in [5.74, 6) is 0.507. The number of hydrogen-bond donors (Lipinski definition) is 3. The number of hydrogen-bond acceptors (Lipinski definition) is 6. The summed E-state index contributed by atoms with van der Waals surface area (Å²) in [4.78, 5) is 40.7. The molecule has 8 nitrogen and oxygen atoms in total. The Hall–Kier alpha value is -1.98. The summed E-state index contributed by atoms with van der Waals surface area (Å²) in [7, 11) is -5.70. The highest BCUT2D eigenvalue weighted by Gasteiger charge is 2.53. The van der Waals surface area contributed by atoms with E-state index in [1.807, 2.05) is 0 Å². The van der Waals surface area contributed by atoms with E-state index < -0.39 is 18.1 Å². The second-order valence-electron chi connectivity index (χ2n) is 7.75. The highest BCUT2D eigenvalue weighted by atomic mass is 79.9. The van der Waals surface area contributed by atoms with Gasteiger partial charge in [-0.2, -0.15) is 8.78 Å². The van der Waals surface area contributed by atoms with E-state index in [1.165, 1.54) is 18.2 Å². The van der Waals surface area contributed by atoms with Gasteiger partial charge in [0.1, 0.15) is 4.88 Å². The molecule has 0 bridgehead atoms. The molecule has 0 saturated carbocycles. The molecule has 2 aromatic heterocycles. The fourth-order valence-corrected chi connectivity index (χ4v) is 6.67. The number of thiophene rings is 1. The van der Waals surface area contributed by atoms with Gasteiger partial charge in [0, 0.05) is 52.2 Å². The van der Waals surface area contributed by atoms with Gasteiger partial charge in [-0.05, 0) is 59.0 Å². The van der Waals surface area contributed by atoms with Crippen LogP contribution in [0.15, 0.2) is 41.1 Å². The number of alkyl halides is 2. The molecule has 1 aliphatic rings. The van der Waals surface area contributed by atoms with Crippen LogP contribution in [-0.2, 0) is 10.2 Å². The van der Waals surface area contributed by atoms with E-state index in [-0.39, 0.29) is 21.9 Å². The summed E-state index contributed by atoms with van der Waals surface area (Å²) < 4.78 is 40.0. The minimum absolute atomic E-state index is 0.128. The van der Waals surface area contributed by atoms with Crippen molar-refractivity contribution in [1.29, 1.82) is 0 Å². The summed E-state index contributed by atoms with van der Waals surface area (Å²) >= 11 is 3.61. The second-order valence-corrected chi connectivity index (χ2v) is 11.2. The average Bonchev–Trinajstić information content (AvgIpc) is 3.14. The van der Waals surface area contributed by atoms with Gasteiger partial charge in [-0.15, -0.1) is 11.3 Å². The summed E-state index contributed by atoms with van der Waals surface area (Å²) in [6.07, 6.45) is 5.27. The van der Waals surface area contributed by atoms with Crippen LogP contribution in [0.25, 0.3) is 10.1 Å². The maximum atomic E-state index is 14.2. The van der Waals surface area contributed by atoms with E-state index in [1.54, 1.807) is 18.5 Å². The lowest BCUT2D eigenvalue weighted by atomic mass is 9.98. The summed E-state index contributed by atoms with van der Waals surface area (Å²) in [6, 6.07) is 6.19. The first-order valence-corrected chi connectivity index (χ1v) is 13.3. The third-order valence-electron chi connectivity index (χ3n) is 5.43. The Morgan fingerprint density at radius 3 is 2.76 bits per heavy atom. The van der Waals surface area contributed by atoms with Crippen molar-refractivity contribution in [3.63, 3.8) is 0 Å². The van der Waals surface area contributed by atoms with Crippen molar-refractivity contribution in [3.8, 4) is 0 Å².